The largest absolute Gasteiger partial charge is 0.357 e. The van der Waals surface area contributed by atoms with Crippen LogP contribution in [0.5, 0.6) is 0 Å². The Bertz CT molecular complexity index is 466. The zero-order valence-electron chi connectivity index (χ0n) is 14.5. The second kappa shape index (κ2) is 10.6. The maximum atomic E-state index is 4.69. The summed E-state index contributed by atoms with van der Waals surface area (Å²) in [5, 5.41) is 6.78. The number of piperidine rings is 1. The highest BCUT2D eigenvalue weighted by atomic mass is 32.2. The molecule has 0 aliphatic carbocycles. The summed E-state index contributed by atoms with van der Waals surface area (Å²) in [7, 11) is 0. The van der Waals surface area contributed by atoms with E-state index in [4.69, 9.17) is 4.99 Å². The predicted octanol–water partition coefficient (Wildman–Crippen LogP) is 2.95. The molecule has 0 unspecified atom stereocenters. The van der Waals surface area contributed by atoms with Gasteiger partial charge in [0.25, 0.3) is 0 Å². The topological polar surface area (TPSA) is 39.7 Å². The number of aliphatic imine (C=N–C) groups is 1. The summed E-state index contributed by atoms with van der Waals surface area (Å²) in [4.78, 5) is 8.53. The summed E-state index contributed by atoms with van der Waals surface area (Å²) in [5.41, 5.74) is 1.25. The number of guanidine groups is 1. The molecule has 1 fully saturated rings. The third-order valence-electron chi connectivity index (χ3n) is 4.09. The molecule has 2 rings (SSSR count). The molecule has 23 heavy (non-hydrogen) atoms. The van der Waals surface area contributed by atoms with Crippen LogP contribution in [0, 0.1) is 0 Å². The lowest BCUT2D eigenvalue weighted by Crippen LogP contribution is -2.42. The first-order chi connectivity index (χ1) is 11.3. The van der Waals surface area contributed by atoms with Gasteiger partial charge in [-0.15, -0.1) is 11.8 Å². The van der Waals surface area contributed by atoms with Crippen LogP contribution in [0.3, 0.4) is 0 Å². The van der Waals surface area contributed by atoms with Gasteiger partial charge in [0.1, 0.15) is 0 Å². The van der Waals surface area contributed by atoms with E-state index in [1.54, 1.807) is 11.8 Å². The van der Waals surface area contributed by atoms with Crippen LogP contribution in [-0.2, 0) is 6.54 Å². The van der Waals surface area contributed by atoms with Crippen LogP contribution < -0.4 is 10.6 Å². The molecule has 0 aromatic heterocycles. The fraction of sp³-hybridized carbons (Fsp3) is 0.611. The number of hydrogen-bond donors (Lipinski definition) is 2. The molecule has 1 aliphatic rings. The molecule has 0 saturated carbocycles. The second-order valence-corrected chi connectivity index (χ2v) is 6.75. The number of hydrogen-bond acceptors (Lipinski definition) is 3. The molecule has 4 nitrogen and oxygen atoms in total. The van der Waals surface area contributed by atoms with E-state index in [1.165, 1.54) is 42.8 Å². The van der Waals surface area contributed by atoms with Crippen LogP contribution in [0.25, 0.3) is 0 Å². The second-order valence-electron chi connectivity index (χ2n) is 5.87. The van der Waals surface area contributed by atoms with Crippen LogP contribution in [0.2, 0.25) is 0 Å². The van der Waals surface area contributed by atoms with Gasteiger partial charge in [0.15, 0.2) is 5.96 Å². The van der Waals surface area contributed by atoms with Crippen molar-refractivity contribution in [1.82, 2.24) is 15.5 Å². The van der Waals surface area contributed by atoms with Gasteiger partial charge in [-0.25, -0.2) is 4.99 Å². The molecule has 1 aromatic carbocycles. The van der Waals surface area contributed by atoms with Crippen molar-refractivity contribution in [3.8, 4) is 0 Å². The normalized spacial score (nSPS) is 16.3. The van der Waals surface area contributed by atoms with Gasteiger partial charge >= 0.3 is 0 Å². The summed E-state index contributed by atoms with van der Waals surface area (Å²) in [6.45, 7) is 8.27. The smallest absolute Gasteiger partial charge is 0.191 e. The molecule has 1 aromatic rings. The molecule has 1 aliphatic heterocycles. The van der Waals surface area contributed by atoms with Crippen molar-refractivity contribution in [2.45, 2.75) is 37.6 Å². The number of thioether (sulfide) groups is 1. The van der Waals surface area contributed by atoms with Gasteiger partial charge in [-0.3, -0.25) is 0 Å². The van der Waals surface area contributed by atoms with Gasteiger partial charge in [0, 0.05) is 24.5 Å². The van der Waals surface area contributed by atoms with E-state index in [9.17, 15) is 0 Å². The van der Waals surface area contributed by atoms with Gasteiger partial charge in [-0.1, -0.05) is 18.6 Å². The Morgan fingerprint density at radius 3 is 2.52 bits per heavy atom. The Labute approximate surface area is 145 Å². The van der Waals surface area contributed by atoms with Crippen molar-refractivity contribution in [2.75, 3.05) is 39.0 Å². The van der Waals surface area contributed by atoms with E-state index >= 15 is 0 Å². The van der Waals surface area contributed by atoms with Crippen LogP contribution in [-0.4, -0.2) is 49.8 Å². The van der Waals surface area contributed by atoms with Gasteiger partial charge in [0.05, 0.1) is 6.54 Å². The monoisotopic (exact) mass is 334 g/mol. The standard InChI is InChI=1S/C18H30N4S/c1-3-19-18(20-11-14-22-12-5-4-6-13-22)21-15-16-7-9-17(23-2)10-8-16/h7-10H,3-6,11-15H2,1-2H3,(H2,19,20,21). The number of rotatable bonds is 7. The molecular formula is C18H30N4S. The SMILES string of the molecule is CCNC(=NCc1ccc(SC)cc1)NCCN1CCCCC1. The van der Waals surface area contributed by atoms with E-state index in [2.05, 4.69) is 53.0 Å². The molecule has 128 valence electrons. The summed E-state index contributed by atoms with van der Waals surface area (Å²) in [5.74, 6) is 0.915. The minimum absolute atomic E-state index is 0.716. The zero-order valence-corrected chi connectivity index (χ0v) is 15.3. The fourth-order valence-corrected chi connectivity index (χ4v) is 3.17. The lowest BCUT2D eigenvalue weighted by atomic mass is 10.1. The van der Waals surface area contributed by atoms with Crippen LogP contribution in [0.1, 0.15) is 31.7 Å². The average molecular weight is 335 g/mol. The van der Waals surface area contributed by atoms with Crippen LogP contribution in [0.4, 0.5) is 0 Å². The van der Waals surface area contributed by atoms with Crippen molar-refractivity contribution in [3.05, 3.63) is 29.8 Å². The van der Waals surface area contributed by atoms with Gasteiger partial charge in [-0.05, 0) is 56.8 Å². The van der Waals surface area contributed by atoms with Gasteiger partial charge in [-0.2, -0.15) is 0 Å². The highest BCUT2D eigenvalue weighted by Crippen LogP contribution is 2.15. The lowest BCUT2D eigenvalue weighted by Gasteiger charge is -2.26. The predicted molar refractivity (Wildman–Crippen MR) is 101 cm³/mol. The number of nitrogens with one attached hydrogen (secondary N) is 2. The fourth-order valence-electron chi connectivity index (χ4n) is 2.76. The third-order valence-corrected chi connectivity index (χ3v) is 4.84. The van der Waals surface area contributed by atoms with Gasteiger partial charge < -0.3 is 15.5 Å². The number of benzene rings is 1. The van der Waals surface area contributed by atoms with Gasteiger partial charge in [0.2, 0.25) is 0 Å². The Kier molecular flexibility index (Phi) is 8.32. The summed E-state index contributed by atoms with van der Waals surface area (Å²) >= 11 is 1.77. The van der Waals surface area contributed by atoms with E-state index in [0.717, 1.165) is 25.6 Å². The minimum atomic E-state index is 0.716. The zero-order chi connectivity index (χ0) is 16.3. The molecule has 0 atom stereocenters. The molecule has 5 heteroatoms. The average Bonchev–Trinajstić information content (AvgIpc) is 2.61. The molecule has 0 radical (unpaired) electrons. The van der Waals surface area contributed by atoms with Crippen LogP contribution >= 0.6 is 11.8 Å². The highest BCUT2D eigenvalue weighted by Gasteiger charge is 2.09. The first-order valence-corrected chi connectivity index (χ1v) is 9.91. The summed E-state index contributed by atoms with van der Waals surface area (Å²) < 4.78 is 0. The molecule has 0 bridgehead atoms. The molecule has 1 heterocycles. The first kappa shape index (κ1) is 18.1. The lowest BCUT2D eigenvalue weighted by molar-refractivity contribution is 0.232. The molecule has 0 spiro atoms. The van der Waals surface area contributed by atoms with E-state index in [1.807, 2.05) is 0 Å². The Balaban J connectivity index is 1.78. The maximum absolute atomic E-state index is 4.69. The van der Waals surface area contributed by atoms with Crippen molar-refractivity contribution in [3.63, 3.8) is 0 Å². The summed E-state index contributed by atoms with van der Waals surface area (Å²) in [6, 6.07) is 8.64. The van der Waals surface area contributed by atoms with Crippen molar-refractivity contribution < 1.29 is 0 Å². The van der Waals surface area contributed by atoms with Crippen LogP contribution in [0.15, 0.2) is 34.2 Å². The molecule has 0 amide bonds. The Hall–Kier alpha value is -1.20. The highest BCUT2D eigenvalue weighted by molar-refractivity contribution is 7.98. The molecular weight excluding hydrogens is 304 g/mol. The number of likely N-dealkylation sites (tertiary alicyclic amines) is 1. The van der Waals surface area contributed by atoms with E-state index in [0.29, 0.717) is 6.54 Å². The Morgan fingerprint density at radius 1 is 1.13 bits per heavy atom. The number of nitrogens with zero attached hydrogens (tertiary/aromatic N) is 2. The quantitative estimate of drug-likeness (QED) is 0.457. The first-order valence-electron chi connectivity index (χ1n) is 8.69. The molecule has 1 saturated heterocycles. The van der Waals surface area contributed by atoms with E-state index in [-0.39, 0.29) is 0 Å². The Morgan fingerprint density at radius 2 is 1.87 bits per heavy atom. The minimum Gasteiger partial charge on any atom is -0.357 e. The molecule has 2 N–H and O–H groups in total. The van der Waals surface area contributed by atoms with Crippen molar-refractivity contribution in [1.29, 1.82) is 0 Å². The maximum Gasteiger partial charge on any atom is 0.191 e. The third kappa shape index (κ3) is 6.83. The van der Waals surface area contributed by atoms with E-state index < -0.39 is 0 Å². The van der Waals surface area contributed by atoms with Crippen molar-refractivity contribution in [2.24, 2.45) is 4.99 Å². The van der Waals surface area contributed by atoms with Crippen molar-refractivity contribution >= 4 is 17.7 Å². The summed E-state index contributed by atoms with van der Waals surface area (Å²) in [6.07, 6.45) is 6.19.